The van der Waals surface area contributed by atoms with Gasteiger partial charge in [-0.2, -0.15) is 16.1 Å². The van der Waals surface area contributed by atoms with Crippen LogP contribution in [-0.4, -0.2) is 49.0 Å². The molecular weight excluding hydrogens is 386 g/mol. The van der Waals surface area contributed by atoms with Crippen LogP contribution in [0.4, 0.5) is 0 Å². The van der Waals surface area contributed by atoms with E-state index in [1.165, 1.54) is 31.0 Å². The van der Waals surface area contributed by atoms with E-state index < -0.39 is 22.0 Å². The number of aliphatic carboxylic acids is 1. The predicted molar refractivity (Wildman–Crippen MR) is 107 cm³/mol. The Bertz CT molecular complexity index is 838. The summed E-state index contributed by atoms with van der Waals surface area (Å²) < 4.78 is 32.7. The lowest BCUT2D eigenvalue weighted by Crippen LogP contribution is -2.44. The van der Waals surface area contributed by atoms with Gasteiger partial charge in [-0.3, -0.25) is 4.79 Å². The standard InChI is InChI=1S/C19H23NO5S2/c1-25-16-8-10-17(11-9-16)27(23,24)20(14-15-6-4-3-5-7-15)18(19(21)22)12-13-26-2/h3-11,18H,12-14H2,1-2H3,(H,21,22)/t18-/m1/s1. The highest BCUT2D eigenvalue weighted by Gasteiger charge is 2.35. The van der Waals surface area contributed by atoms with Crippen LogP contribution in [-0.2, 0) is 21.4 Å². The Balaban J connectivity index is 2.46. The molecule has 0 aliphatic rings. The van der Waals surface area contributed by atoms with E-state index in [0.717, 1.165) is 9.87 Å². The molecule has 0 saturated carbocycles. The zero-order valence-corrected chi connectivity index (χ0v) is 16.9. The van der Waals surface area contributed by atoms with Gasteiger partial charge in [0.1, 0.15) is 11.8 Å². The molecule has 0 amide bonds. The number of methoxy groups -OCH3 is 1. The second kappa shape index (κ2) is 9.77. The highest BCUT2D eigenvalue weighted by atomic mass is 32.2. The molecule has 0 bridgehead atoms. The van der Waals surface area contributed by atoms with Crippen LogP contribution in [0.1, 0.15) is 12.0 Å². The summed E-state index contributed by atoms with van der Waals surface area (Å²) in [4.78, 5) is 11.9. The number of ether oxygens (including phenoxy) is 1. The quantitative estimate of drug-likeness (QED) is 0.649. The fourth-order valence-corrected chi connectivity index (χ4v) is 4.69. The van der Waals surface area contributed by atoms with Gasteiger partial charge >= 0.3 is 5.97 Å². The number of benzene rings is 2. The summed E-state index contributed by atoms with van der Waals surface area (Å²) in [5.74, 6) is -0.0850. The fourth-order valence-electron chi connectivity index (χ4n) is 2.63. The average molecular weight is 410 g/mol. The number of carboxylic acids is 1. The van der Waals surface area contributed by atoms with Crippen molar-refractivity contribution in [2.45, 2.75) is 23.9 Å². The smallest absolute Gasteiger partial charge is 0.322 e. The number of carboxylic acid groups (broad SMARTS) is 1. The molecule has 1 N–H and O–H groups in total. The van der Waals surface area contributed by atoms with E-state index in [1.807, 2.05) is 12.3 Å². The Labute approximate surface area is 164 Å². The summed E-state index contributed by atoms with van der Waals surface area (Å²) in [7, 11) is -2.52. The first-order valence-electron chi connectivity index (χ1n) is 8.31. The maximum absolute atomic E-state index is 13.3. The van der Waals surface area contributed by atoms with Crippen molar-refractivity contribution >= 4 is 27.8 Å². The second-order valence-electron chi connectivity index (χ2n) is 5.85. The fraction of sp³-hybridized carbons (Fsp3) is 0.316. The summed E-state index contributed by atoms with van der Waals surface area (Å²) in [6, 6.07) is 13.8. The van der Waals surface area contributed by atoms with Gasteiger partial charge in [-0.05, 0) is 48.3 Å². The van der Waals surface area contributed by atoms with Crippen LogP contribution < -0.4 is 4.74 Å². The average Bonchev–Trinajstić information content (AvgIpc) is 2.68. The number of hydrogen-bond donors (Lipinski definition) is 1. The molecule has 0 radical (unpaired) electrons. The van der Waals surface area contributed by atoms with Crippen molar-refractivity contribution in [1.29, 1.82) is 0 Å². The molecule has 0 saturated heterocycles. The van der Waals surface area contributed by atoms with E-state index in [4.69, 9.17) is 4.74 Å². The third-order valence-electron chi connectivity index (χ3n) is 4.08. The molecule has 0 fully saturated rings. The molecule has 0 aromatic heterocycles. The zero-order valence-electron chi connectivity index (χ0n) is 15.2. The molecule has 27 heavy (non-hydrogen) atoms. The van der Waals surface area contributed by atoms with Crippen LogP contribution in [0.2, 0.25) is 0 Å². The van der Waals surface area contributed by atoms with E-state index in [-0.39, 0.29) is 17.9 Å². The van der Waals surface area contributed by atoms with Gasteiger partial charge in [-0.15, -0.1) is 0 Å². The van der Waals surface area contributed by atoms with E-state index in [0.29, 0.717) is 11.5 Å². The first-order valence-corrected chi connectivity index (χ1v) is 11.1. The van der Waals surface area contributed by atoms with Gasteiger partial charge in [0.25, 0.3) is 0 Å². The van der Waals surface area contributed by atoms with Crippen LogP contribution in [0.15, 0.2) is 59.5 Å². The van der Waals surface area contributed by atoms with E-state index in [2.05, 4.69) is 0 Å². The molecular formula is C19H23NO5S2. The predicted octanol–water partition coefficient (Wildman–Crippen LogP) is 3.09. The van der Waals surface area contributed by atoms with Crippen molar-refractivity contribution < 1.29 is 23.1 Å². The molecule has 8 heteroatoms. The Morgan fingerprint density at radius 2 is 1.78 bits per heavy atom. The van der Waals surface area contributed by atoms with Gasteiger partial charge in [0.05, 0.1) is 12.0 Å². The first-order chi connectivity index (χ1) is 12.9. The third kappa shape index (κ3) is 5.47. The lowest BCUT2D eigenvalue weighted by molar-refractivity contribution is -0.141. The minimum atomic E-state index is -4.01. The van der Waals surface area contributed by atoms with Crippen LogP contribution in [0.5, 0.6) is 5.75 Å². The van der Waals surface area contributed by atoms with Gasteiger partial charge in [0.15, 0.2) is 0 Å². The van der Waals surface area contributed by atoms with Gasteiger partial charge < -0.3 is 9.84 Å². The van der Waals surface area contributed by atoms with Gasteiger partial charge in [-0.25, -0.2) is 8.42 Å². The maximum Gasteiger partial charge on any atom is 0.322 e. The Morgan fingerprint density at radius 1 is 1.15 bits per heavy atom. The Kier molecular flexibility index (Phi) is 7.70. The molecule has 0 aliphatic heterocycles. The van der Waals surface area contributed by atoms with Gasteiger partial charge in [-0.1, -0.05) is 30.3 Å². The lowest BCUT2D eigenvalue weighted by Gasteiger charge is -2.28. The lowest BCUT2D eigenvalue weighted by atomic mass is 10.2. The second-order valence-corrected chi connectivity index (χ2v) is 8.72. The monoisotopic (exact) mass is 409 g/mol. The van der Waals surface area contributed by atoms with Crippen molar-refractivity contribution in [3.8, 4) is 5.75 Å². The summed E-state index contributed by atoms with van der Waals surface area (Å²) in [6.45, 7) is -0.0133. The molecule has 2 aromatic carbocycles. The number of hydrogen-bond acceptors (Lipinski definition) is 5. The largest absolute Gasteiger partial charge is 0.497 e. The van der Waals surface area contributed by atoms with Gasteiger partial charge in [0, 0.05) is 6.54 Å². The Morgan fingerprint density at radius 3 is 2.30 bits per heavy atom. The first kappa shape index (κ1) is 21.3. The number of thioether (sulfide) groups is 1. The van der Waals surface area contributed by atoms with Crippen molar-refractivity contribution in [3.05, 3.63) is 60.2 Å². The number of sulfonamides is 1. The minimum absolute atomic E-state index is 0.0133. The summed E-state index contributed by atoms with van der Waals surface area (Å²) >= 11 is 1.48. The summed E-state index contributed by atoms with van der Waals surface area (Å²) in [5.41, 5.74) is 0.727. The van der Waals surface area contributed by atoms with Crippen molar-refractivity contribution in [2.75, 3.05) is 19.1 Å². The molecule has 0 unspecified atom stereocenters. The van der Waals surface area contributed by atoms with Crippen LogP contribution >= 0.6 is 11.8 Å². The molecule has 146 valence electrons. The Hall–Kier alpha value is -2.03. The maximum atomic E-state index is 13.3. The summed E-state index contributed by atoms with van der Waals surface area (Å²) in [5, 5.41) is 9.71. The van der Waals surface area contributed by atoms with Crippen molar-refractivity contribution in [3.63, 3.8) is 0 Å². The molecule has 0 aliphatic carbocycles. The topological polar surface area (TPSA) is 83.9 Å². The molecule has 0 spiro atoms. The minimum Gasteiger partial charge on any atom is -0.497 e. The van der Waals surface area contributed by atoms with E-state index >= 15 is 0 Å². The number of nitrogens with zero attached hydrogens (tertiary/aromatic N) is 1. The molecule has 2 aromatic rings. The highest BCUT2D eigenvalue weighted by molar-refractivity contribution is 7.98. The van der Waals surface area contributed by atoms with Crippen molar-refractivity contribution in [1.82, 2.24) is 4.31 Å². The zero-order chi connectivity index (χ0) is 19.9. The van der Waals surface area contributed by atoms with Crippen LogP contribution in [0, 0.1) is 0 Å². The van der Waals surface area contributed by atoms with Crippen LogP contribution in [0.3, 0.4) is 0 Å². The third-order valence-corrected chi connectivity index (χ3v) is 6.59. The molecule has 0 heterocycles. The molecule has 2 rings (SSSR count). The SMILES string of the molecule is COc1ccc(S(=O)(=O)N(Cc2ccccc2)[C@H](CCSC)C(=O)O)cc1. The van der Waals surface area contributed by atoms with Gasteiger partial charge in [0.2, 0.25) is 10.0 Å². The molecule has 1 atom stereocenters. The summed E-state index contributed by atoms with van der Waals surface area (Å²) in [6.07, 6.45) is 2.08. The molecule has 6 nitrogen and oxygen atoms in total. The van der Waals surface area contributed by atoms with Crippen molar-refractivity contribution in [2.24, 2.45) is 0 Å². The highest BCUT2D eigenvalue weighted by Crippen LogP contribution is 2.25. The number of rotatable bonds is 10. The normalized spacial score (nSPS) is 12.7. The van der Waals surface area contributed by atoms with Crippen LogP contribution in [0.25, 0.3) is 0 Å². The number of carbonyl (C=O) groups is 1. The van der Waals surface area contributed by atoms with E-state index in [1.54, 1.807) is 36.4 Å². The van der Waals surface area contributed by atoms with E-state index in [9.17, 15) is 18.3 Å².